The molecule has 0 aliphatic heterocycles. The Bertz CT molecular complexity index is 872. The van der Waals surface area contributed by atoms with Gasteiger partial charge in [0.05, 0.1) is 7.11 Å². The number of carbonyl (C=O) groups is 2. The van der Waals surface area contributed by atoms with Crippen molar-refractivity contribution in [2.75, 3.05) is 7.11 Å². The summed E-state index contributed by atoms with van der Waals surface area (Å²) in [6.07, 6.45) is 1.06. The van der Waals surface area contributed by atoms with Crippen molar-refractivity contribution in [2.45, 2.75) is 12.5 Å². The summed E-state index contributed by atoms with van der Waals surface area (Å²) >= 11 is 0. The van der Waals surface area contributed by atoms with Crippen molar-refractivity contribution in [3.63, 3.8) is 0 Å². The third kappa shape index (κ3) is 5.40. The monoisotopic (exact) mass is 374 g/mol. The Hall–Kier alpha value is -3.68. The number of carbonyl (C=O) groups excluding carboxylic acids is 2. The largest absolute Gasteiger partial charge is 0.504 e. The summed E-state index contributed by atoms with van der Waals surface area (Å²) in [6.45, 7) is 0. The van der Waals surface area contributed by atoms with Gasteiger partial charge in [0.15, 0.2) is 23.0 Å². The van der Waals surface area contributed by atoms with E-state index in [2.05, 4.69) is 4.74 Å². The van der Waals surface area contributed by atoms with Crippen molar-refractivity contribution in [1.82, 2.24) is 0 Å². The summed E-state index contributed by atoms with van der Waals surface area (Å²) in [6, 6.07) is 7.93. The van der Waals surface area contributed by atoms with Crippen LogP contribution in [-0.2, 0) is 25.5 Å². The molecule has 0 heterocycles. The second kappa shape index (κ2) is 8.61. The van der Waals surface area contributed by atoms with E-state index in [9.17, 15) is 30.0 Å². The van der Waals surface area contributed by atoms with Crippen LogP contribution >= 0.6 is 0 Å². The second-order valence-corrected chi connectivity index (χ2v) is 5.56. The maximum absolute atomic E-state index is 12.0. The number of methoxy groups -OCH3 is 1. The van der Waals surface area contributed by atoms with Gasteiger partial charge in [0.1, 0.15) is 0 Å². The summed E-state index contributed by atoms with van der Waals surface area (Å²) in [5.74, 6) is -2.93. The molecule has 142 valence electrons. The topological polar surface area (TPSA) is 134 Å². The number of benzene rings is 2. The summed E-state index contributed by atoms with van der Waals surface area (Å²) in [5.41, 5.74) is 0.876. The molecule has 2 rings (SSSR count). The first kappa shape index (κ1) is 19.6. The second-order valence-electron chi connectivity index (χ2n) is 5.56. The van der Waals surface area contributed by atoms with Crippen molar-refractivity contribution >= 4 is 18.0 Å². The molecule has 0 amide bonds. The Morgan fingerprint density at radius 1 is 0.963 bits per heavy atom. The van der Waals surface area contributed by atoms with Gasteiger partial charge in [-0.15, -0.1) is 0 Å². The summed E-state index contributed by atoms with van der Waals surface area (Å²) in [5, 5.41) is 37.5. The third-order valence-electron chi connectivity index (χ3n) is 3.59. The van der Waals surface area contributed by atoms with Crippen molar-refractivity contribution in [1.29, 1.82) is 0 Å². The lowest BCUT2D eigenvalue weighted by Crippen LogP contribution is -2.30. The normalized spacial score (nSPS) is 11.9. The number of rotatable bonds is 6. The van der Waals surface area contributed by atoms with Crippen molar-refractivity contribution in [3.05, 3.63) is 53.6 Å². The number of aromatic hydroxyl groups is 4. The number of phenols is 4. The number of hydrogen-bond acceptors (Lipinski definition) is 8. The van der Waals surface area contributed by atoms with E-state index in [1.165, 1.54) is 42.5 Å². The average molecular weight is 374 g/mol. The van der Waals surface area contributed by atoms with Crippen LogP contribution in [-0.4, -0.2) is 45.6 Å². The summed E-state index contributed by atoms with van der Waals surface area (Å²) in [7, 11) is 1.15. The number of phenolic OH excluding ortho intramolecular Hbond substituents is 4. The average Bonchev–Trinajstić information content (AvgIpc) is 2.64. The quantitative estimate of drug-likeness (QED) is 0.342. The fraction of sp³-hybridized carbons (Fsp3) is 0.158. The van der Waals surface area contributed by atoms with E-state index in [4.69, 9.17) is 4.74 Å². The van der Waals surface area contributed by atoms with Crippen LogP contribution in [0.2, 0.25) is 0 Å². The number of hydrogen-bond donors (Lipinski definition) is 4. The van der Waals surface area contributed by atoms with Gasteiger partial charge in [-0.1, -0.05) is 12.1 Å². The van der Waals surface area contributed by atoms with E-state index in [1.807, 2.05) is 0 Å². The molecule has 0 saturated heterocycles. The molecule has 8 heteroatoms. The molecular weight excluding hydrogens is 356 g/mol. The molecule has 0 bridgehead atoms. The first-order chi connectivity index (χ1) is 12.8. The van der Waals surface area contributed by atoms with E-state index in [1.54, 1.807) is 0 Å². The molecule has 27 heavy (non-hydrogen) atoms. The molecule has 1 atom stereocenters. The van der Waals surface area contributed by atoms with Crippen LogP contribution in [0.4, 0.5) is 0 Å². The van der Waals surface area contributed by atoms with Crippen LogP contribution in [0.25, 0.3) is 6.08 Å². The van der Waals surface area contributed by atoms with Gasteiger partial charge in [-0.3, -0.25) is 0 Å². The van der Waals surface area contributed by atoms with Crippen LogP contribution in [0.1, 0.15) is 11.1 Å². The lowest BCUT2D eigenvalue weighted by Gasteiger charge is -2.15. The van der Waals surface area contributed by atoms with E-state index in [0.29, 0.717) is 11.1 Å². The minimum absolute atomic E-state index is 0.0694. The van der Waals surface area contributed by atoms with Crippen molar-refractivity contribution < 1.29 is 39.5 Å². The fourth-order valence-electron chi connectivity index (χ4n) is 2.20. The molecule has 0 fully saturated rings. The molecule has 2 aromatic carbocycles. The number of ether oxygens (including phenoxy) is 2. The SMILES string of the molecule is COC(=O)[C@H](Cc1ccc(O)c(O)c1)OC(=O)C=Cc1ccc(O)c(O)c1. The molecule has 0 aliphatic carbocycles. The molecule has 0 aliphatic rings. The minimum atomic E-state index is -1.26. The van der Waals surface area contributed by atoms with Crippen LogP contribution in [0.5, 0.6) is 23.0 Å². The van der Waals surface area contributed by atoms with Gasteiger partial charge >= 0.3 is 11.9 Å². The highest BCUT2D eigenvalue weighted by molar-refractivity contribution is 5.89. The maximum atomic E-state index is 12.0. The van der Waals surface area contributed by atoms with Crippen LogP contribution in [0.15, 0.2) is 42.5 Å². The predicted molar refractivity (Wildman–Crippen MR) is 94.2 cm³/mol. The summed E-state index contributed by atoms with van der Waals surface area (Å²) < 4.78 is 9.71. The highest BCUT2D eigenvalue weighted by Gasteiger charge is 2.24. The highest BCUT2D eigenvalue weighted by atomic mass is 16.6. The van der Waals surface area contributed by atoms with Crippen molar-refractivity contribution in [3.8, 4) is 23.0 Å². The van der Waals surface area contributed by atoms with E-state index in [-0.39, 0.29) is 29.4 Å². The zero-order valence-electron chi connectivity index (χ0n) is 14.3. The van der Waals surface area contributed by atoms with Gasteiger partial charge in [-0.2, -0.15) is 0 Å². The molecule has 0 aromatic heterocycles. The lowest BCUT2D eigenvalue weighted by molar-refractivity contribution is -0.162. The zero-order valence-corrected chi connectivity index (χ0v) is 14.3. The molecule has 0 unspecified atom stereocenters. The predicted octanol–water partition coefficient (Wildman–Crippen LogP) is 1.85. The van der Waals surface area contributed by atoms with Gasteiger partial charge in [-0.25, -0.2) is 9.59 Å². The van der Waals surface area contributed by atoms with Crippen LogP contribution in [0, 0.1) is 0 Å². The molecule has 0 radical (unpaired) electrons. The molecular formula is C19H18O8. The van der Waals surface area contributed by atoms with Crippen LogP contribution < -0.4 is 0 Å². The minimum Gasteiger partial charge on any atom is -0.504 e. The lowest BCUT2D eigenvalue weighted by atomic mass is 10.1. The van der Waals surface area contributed by atoms with E-state index >= 15 is 0 Å². The Balaban J connectivity index is 2.09. The molecule has 4 N–H and O–H groups in total. The number of esters is 2. The first-order valence-corrected chi connectivity index (χ1v) is 7.79. The smallest absolute Gasteiger partial charge is 0.347 e. The van der Waals surface area contributed by atoms with Gasteiger partial charge in [-0.05, 0) is 41.5 Å². The zero-order chi connectivity index (χ0) is 20.0. The molecule has 0 spiro atoms. The van der Waals surface area contributed by atoms with Gasteiger partial charge < -0.3 is 29.9 Å². The van der Waals surface area contributed by atoms with Gasteiger partial charge in [0, 0.05) is 12.5 Å². The fourth-order valence-corrected chi connectivity index (χ4v) is 2.20. The Labute approximate surface area is 154 Å². The Kier molecular flexibility index (Phi) is 6.27. The molecule has 8 nitrogen and oxygen atoms in total. The van der Waals surface area contributed by atoms with Crippen LogP contribution in [0.3, 0.4) is 0 Å². The maximum Gasteiger partial charge on any atom is 0.347 e. The summed E-state index contributed by atoms with van der Waals surface area (Å²) in [4.78, 5) is 23.9. The van der Waals surface area contributed by atoms with Gasteiger partial charge in [0.2, 0.25) is 6.10 Å². The van der Waals surface area contributed by atoms with Gasteiger partial charge in [0.25, 0.3) is 0 Å². The van der Waals surface area contributed by atoms with E-state index in [0.717, 1.165) is 13.2 Å². The van der Waals surface area contributed by atoms with E-state index < -0.39 is 18.0 Å². The molecule has 2 aromatic rings. The Morgan fingerprint density at radius 2 is 1.59 bits per heavy atom. The molecule has 0 saturated carbocycles. The highest BCUT2D eigenvalue weighted by Crippen LogP contribution is 2.26. The first-order valence-electron chi connectivity index (χ1n) is 7.79. The standard InChI is InChI=1S/C19H18O8/c1-26-19(25)17(10-12-3-6-14(21)16(23)9-12)27-18(24)7-4-11-2-5-13(20)15(22)8-11/h2-9,17,20-23H,10H2,1H3/t17-/m0/s1. The van der Waals surface area contributed by atoms with Crippen molar-refractivity contribution in [2.24, 2.45) is 0 Å². The Morgan fingerprint density at radius 3 is 2.19 bits per heavy atom. The third-order valence-corrected chi connectivity index (χ3v) is 3.59.